The van der Waals surface area contributed by atoms with E-state index in [1.165, 1.54) is 38.1 Å². The average molecular weight is 287 g/mol. The maximum atomic E-state index is 12.1. The van der Waals surface area contributed by atoms with Gasteiger partial charge in [-0.2, -0.15) is 11.8 Å². The van der Waals surface area contributed by atoms with E-state index in [0.717, 1.165) is 12.8 Å². The van der Waals surface area contributed by atoms with Crippen LogP contribution in [0.1, 0.15) is 39.0 Å². The Bertz CT molecular complexity index is 303. The van der Waals surface area contributed by atoms with Gasteiger partial charge in [-0.25, -0.2) is 0 Å². The summed E-state index contributed by atoms with van der Waals surface area (Å²) in [7, 11) is 3.30. The number of esters is 1. The molecule has 0 bridgehead atoms. The molecule has 0 radical (unpaired) electrons. The lowest BCUT2D eigenvalue weighted by molar-refractivity contribution is -0.144. The zero-order chi connectivity index (χ0) is 14.3. The van der Waals surface area contributed by atoms with Gasteiger partial charge in [-0.3, -0.25) is 9.59 Å². The first kappa shape index (κ1) is 16.3. The minimum Gasteiger partial charge on any atom is -0.469 e. The molecule has 0 saturated heterocycles. The second-order valence-corrected chi connectivity index (χ2v) is 6.27. The number of nitrogens with zero attached hydrogens (tertiary/aromatic N) is 1. The number of carbonyl (C=O) groups is 2. The van der Waals surface area contributed by atoms with Crippen LogP contribution < -0.4 is 0 Å². The fraction of sp³-hybridized carbons (Fsp3) is 0.857. The van der Waals surface area contributed by atoms with Crippen LogP contribution in [0.5, 0.6) is 0 Å². The zero-order valence-corrected chi connectivity index (χ0v) is 13.0. The SMILES string of the molecule is COC(=O)C(C)CSCC(=O)N(C)C1CCCCC1. The molecule has 1 amide bonds. The fourth-order valence-corrected chi connectivity index (χ4v) is 3.35. The highest BCUT2D eigenvalue weighted by atomic mass is 32.2. The molecule has 1 fully saturated rings. The van der Waals surface area contributed by atoms with Crippen molar-refractivity contribution in [3.63, 3.8) is 0 Å². The molecule has 1 saturated carbocycles. The summed E-state index contributed by atoms with van der Waals surface area (Å²) < 4.78 is 4.66. The molecule has 0 aliphatic heterocycles. The second-order valence-electron chi connectivity index (χ2n) is 5.24. The van der Waals surface area contributed by atoms with Gasteiger partial charge in [-0.05, 0) is 12.8 Å². The lowest BCUT2D eigenvalue weighted by atomic mass is 9.94. The summed E-state index contributed by atoms with van der Waals surface area (Å²) in [6.45, 7) is 1.83. The van der Waals surface area contributed by atoms with Gasteiger partial charge in [0, 0.05) is 18.8 Å². The van der Waals surface area contributed by atoms with Crippen LogP contribution in [0.3, 0.4) is 0 Å². The highest BCUT2D eigenvalue weighted by Gasteiger charge is 2.22. The van der Waals surface area contributed by atoms with E-state index in [1.807, 2.05) is 18.9 Å². The van der Waals surface area contributed by atoms with Crippen molar-refractivity contribution in [2.75, 3.05) is 25.7 Å². The second kappa shape index (κ2) is 8.46. The number of ether oxygens (including phenoxy) is 1. The van der Waals surface area contributed by atoms with E-state index in [-0.39, 0.29) is 17.8 Å². The summed E-state index contributed by atoms with van der Waals surface area (Å²) in [5, 5.41) is 0. The minimum atomic E-state index is -0.208. The van der Waals surface area contributed by atoms with Crippen molar-refractivity contribution in [1.82, 2.24) is 4.90 Å². The summed E-state index contributed by atoms with van der Waals surface area (Å²) in [6.07, 6.45) is 6.02. The van der Waals surface area contributed by atoms with Crippen LogP contribution in [-0.4, -0.2) is 48.5 Å². The van der Waals surface area contributed by atoms with Crippen molar-refractivity contribution in [2.24, 2.45) is 5.92 Å². The molecule has 1 unspecified atom stereocenters. The molecule has 1 rings (SSSR count). The number of thioether (sulfide) groups is 1. The first-order valence-electron chi connectivity index (χ1n) is 6.97. The standard InChI is InChI=1S/C14H25NO3S/c1-11(14(17)18-3)9-19-10-13(16)15(2)12-7-5-4-6-8-12/h11-12H,4-10H2,1-3H3. The summed E-state index contributed by atoms with van der Waals surface area (Å²) in [5.41, 5.74) is 0. The zero-order valence-electron chi connectivity index (χ0n) is 12.2. The lowest BCUT2D eigenvalue weighted by Crippen LogP contribution is -2.39. The van der Waals surface area contributed by atoms with Gasteiger partial charge >= 0.3 is 5.97 Å². The molecule has 19 heavy (non-hydrogen) atoms. The molecule has 0 heterocycles. The summed E-state index contributed by atoms with van der Waals surface area (Å²) in [4.78, 5) is 25.2. The molecule has 0 spiro atoms. The Balaban J connectivity index is 2.24. The van der Waals surface area contributed by atoms with Crippen LogP contribution in [0.2, 0.25) is 0 Å². The molecular formula is C14H25NO3S. The maximum absolute atomic E-state index is 12.1. The van der Waals surface area contributed by atoms with Gasteiger partial charge in [0.1, 0.15) is 0 Å². The third-order valence-electron chi connectivity index (χ3n) is 3.71. The maximum Gasteiger partial charge on any atom is 0.309 e. The van der Waals surface area contributed by atoms with Crippen LogP contribution in [0, 0.1) is 5.92 Å². The molecule has 110 valence electrons. The number of hydrogen-bond acceptors (Lipinski definition) is 4. The van der Waals surface area contributed by atoms with Gasteiger partial charge < -0.3 is 9.64 Å². The van der Waals surface area contributed by atoms with Crippen LogP contribution in [-0.2, 0) is 14.3 Å². The largest absolute Gasteiger partial charge is 0.469 e. The first-order chi connectivity index (χ1) is 9.06. The van der Waals surface area contributed by atoms with Crippen molar-refractivity contribution in [3.05, 3.63) is 0 Å². The van der Waals surface area contributed by atoms with E-state index in [1.54, 1.807) is 0 Å². The van der Waals surface area contributed by atoms with E-state index < -0.39 is 0 Å². The van der Waals surface area contributed by atoms with Crippen molar-refractivity contribution in [1.29, 1.82) is 0 Å². The van der Waals surface area contributed by atoms with Crippen molar-refractivity contribution in [2.45, 2.75) is 45.1 Å². The molecule has 1 aliphatic carbocycles. The summed E-state index contributed by atoms with van der Waals surface area (Å²) in [6, 6.07) is 0.417. The van der Waals surface area contributed by atoms with E-state index in [4.69, 9.17) is 0 Å². The molecule has 1 aliphatic rings. The summed E-state index contributed by atoms with van der Waals surface area (Å²) in [5.74, 6) is 0.906. The quantitative estimate of drug-likeness (QED) is 0.703. The van der Waals surface area contributed by atoms with Gasteiger partial charge in [0.25, 0.3) is 0 Å². The van der Waals surface area contributed by atoms with Gasteiger partial charge in [-0.1, -0.05) is 26.2 Å². The predicted molar refractivity (Wildman–Crippen MR) is 78.1 cm³/mol. The third kappa shape index (κ3) is 5.43. The molecule has 0 N–H and O–H groups in total. The molecule has 0 aromatic carbocycles. The van der Waals surface area contributed by atoms with E-state index in [9.17, 15) is 9.59 Å². The van der Waals surface area contributed by atoms with Crippen LogP contribution >= 0.6 is 11.8 Å². The monoisotopic (exact) mass is 287 g/mol. The van der Waals surface area contributed by atoms with Gasteiger partial charge in [0.15, 0.2) is 0 Å². The Labute approximate surface area is 120 Å². The third-order valence-corrected chi connectivity index (χ3v) is 4.90. The molecule has 0 aromatic heterocycles. The Morgan fingerprint density at radius 2 is 1.95 bits per heavy atom. The number of amides is 1. The van der Waals surface area contributed by atoms with E-state index >= 15 is 0 Å². The number of carbonyl (C=O) groups excluding carboxylic acids is 2. The van der Waals surface area contributed by atoms with Crippen molar-refractivity contribution in [3.8, 4) is 0 Å². The summed E-state index contributed by atoms with van der Waals surface area (Å²) >= 11 is 1.51. The molecule has 4 nitrogen and oxygen atoms in total. The minimum absolute atomic E-state index is 0.150. The molecule has 1 atom stereocenters. The van der Waals surface area contributed by atoms with Crippen LogP contribution in [0.4, 0.5) is 0 Å². The highest BCUT2D eigenvalue weighted by Crippen LogP contribution is 2.22. The average Bonchev–Trinajstić information content (AvgIpc) is 2.46. The predicted octanol–water partition coefficient (Wildman–Crippen LogP) is 2.32. The molecule has 5 heteroatoms. The number of hydrogen-bond donors (Lipinski definition) is 0. The number of rotatable bonds is 6. The fourth-order valence-electron chi connectivity index (χ4n) is 2.37. The van der Waals surface area contributed by atoms with Crippen molar-refractivity contribution < 1.29 is 14.3 Å². The van der Waals surface area contributed by atoms with Crippen LogP contribution in [0.25, 0.3) is 0 Å². The Morgan fingerprint density at radius 3 is 2.53 bits per heavy atom. The Hall–Kier alpha value is -0.710. The smallest absolute Gasteiger partial charge is 0.309 e. The first-order valence-corrected chi connectivity index (χ1v) is 8.13. The highest BCUT2D eigenvalue weighted by molar-refractivity contribution is 7.99. The van der Waals surface area contributed by atoms with Gasteiger partial charge in [-0.15, -0.1) is 0 Å². The number of methoxy groups -OCH3 is 1. The van der Waals surface area contributed by atoms with E-state index in [2.05, 4.69) is 4.74 Å². The van der Waals surface area contributed by atoms with Gasteiger partial charge in [0.05, 0.1) is 18.8 Å². The topological polar surface area (TPSA) is 46.6 Å². The van der Waals surface area contributed by atoms with Gasteiger partial charge in [0.2, 0.25) is 5.91 Å². The molecule has 0 aromatic rings. The normalized spacial score (nSPS) is 17.8. The Morgan fingerprint density at radius 1 is 1.32 bits per heavy atom. The van der Waals surface area contributed by atoms with E-state index in [0.29, 0.717) is 17.5 Å². The molecular weight excluding hydrogens is 262 g/mol. The lowest BCUT2D eigenvalue weighted by Gasteiger charge is -2.31. The van der Waals surface area contributed by atoms with Crippen molar-refractivity contribution >= 4 is 23.6 Å². The Kier molecular flexibility index (Phi) is 7.28. The van der Waals surface area contributed by atoms with Crippen LogP contribution in [0.15, 0.2) is 0 Å².